The molecule has 0 atom stereocenters. The average Bonchev–Trinajstić information content (AvgIpc) is 1.39. The Morgan fingerprint density at radius 1 is 1.33 bits per heavy atom. The molecule has 0 aromatic heterocycles. The van der Waals surface area contributed by atoms with Crippen LogP contribution in [0.25, 0.3) is 0 Å². The fourth-order valence-electron chi connectivity index (χ4n) is 0. The fraction of sp³-hybridized carbons (Fsp3) is 1.00. The van der Waals surface area contributed by atoms with E-state index >= 15 is 0 Å². The number of hydrogen-bond donors (Lipinski definition) is 0. The first kappa shape index (κ1) is 9.58. The molecule has 0 radical (unpaired) electrons. The first-order valence-corrected chi connectivity index (χ1v) is 3.10. The molecule has 0 bridgehead atoms. The molecule has 0 rings (SSSR count). The van der Waals surface area contributed by atoms with E-state index < -0.39 is 19.1 Å². The van der Waals surface area contributed by atoms with Crippen molar-refractivity contribution in [1.29, 1.82) is 0 Å². The monoisotopic (exact) mass is 124 g/mol. The van der Waals surface area contributed by atoms with E-state index in [4.69, 9.17) is 6.65 Å². The predicted molar refractivity (Wildman–Crippen MR) is 17.3 cm³/mol. The van der Waals surface area contributed by atoms with Gasteiger partial charge >= 0.3 is 25.7 Å². The molecule has 3 heteroatoms. The minimum atomic E-state index is -2.00. The van der Waals surface area contributed by atoms with E-state index in [1.54, 1.807) is 0 Å². The van der Waals surface area contributed by atoms with Crippen LogP contribution in [-0.2, 0) is 25.7 Å². The van der Waals surface area contributed by atoms with Gasteiger partial charge in [0.15, 0.2) is 0 Å². The summed E-state index contributed by atoms with van der Waals surface area (Å²) in [5.74, 6) is 0. The van der Waals surface area contributed by atoms with Crippen LogP contribution in [0.4, 0.5) is 0 Å². The Morgan fingerprint density at radius 3 is 1.33 bits per heavy atom. The van der Waals surface area contributed by atoms with Crippen LogP contribution in [0, 0.1) is 0 Å². The van der Waals surface area contributed by atoms with Gasteiger partial charge in [0.1, 0.15) is 0 Å². The summed E-state index contributed by atoms with van der Waals surface area (Å²) < 4.78 is 17.0. The zero-order valence-corrected chi connectivity index (χ0v) is 5.59. The van der Waals surface area contributed by atoms with Crippen LogP contribution in [0.2, 0.25) is 0 Å². The Hall–Kier alpha value is 0.314. The van der Waals surface area contributed by atoms with Crippen LogP contribution in [0.1, 0.15) is 20.3 Å². The van der Waals surface area contributed by atoms with Crippen LogP contribution in [-0.4, -0.2) is 0 Å². The molecule has 0 saturated carbocycles. The van der Waals surface area contributed by atoms with Crippen molar-refractivity contribution in [2.75, 3.05) is 0 Å². The molecule has 0 aromatic carbocycles. The van der Waals surface area contributed by atoms with Gasteiger partial charge in [-0.3, -0.25) is 0 Å². The van der Waals surface area contributed by atoms with E-state index in [1.165, 1.54) is 6.42 Å². The molecule has 0 aromatic rings. The third-order valence-electron chi connectivity index (χ3n) is 0. The summed E-state index contributed by atoms with van der Waals surface area (Å²) in [5.41, 5.74) is 0. The SMILES string of the molecule is CCC.[O]=[Ti]=[O]. The van der Waals surface area contributed by atoms with Gasteiger partial charge in [-0.1, -0.05) is 20.3 Å². The van der Waals surface area contributed by atoms with Gasteiger partial charge in [0.25, 0.3) is 0 Å². The van der Waals surface area contributed by atoms with Gasteiger partial charge in [0.05, 0.1) is 0 Å². The van der Waals surface area contributed by atoms with Crippen molar-refractivity contribution in [3.63, 3.8) is 0 Å². The van der Waals surface area contributed by atoms with Gasteiger partial charge in [-0.2, -0.15) is 0 Å². The van der Waals surface area contributed by atoms with Crippen molar-refractivity contribution in [2.45, 2.75) is 20.3 Å². The first-order valence-electron chi connectivity index (χ1n) is 1.82. The van der Waals surface area contributed by atoms with E-state index in [0.717, 1.165) is 0 Å². The topological polar surface area (TPSA) is 34.1 Å². The summed E-state index contributed by atoms with van der Waals surface area (Å²) in [5, 5.41) is 0. The van der Waals surface area contributed by atoms with Crippen LogP contribution < -0.4 is 0 Å². The predicted octanol–water partition coefficient (Wildman–Crippen LogP) is 1.18. The molecule has 0 N–H and O–H groups in total. The summed E-state index contributed by atoms with van der Waals surface area (Å²) >= 11 is -2.00. The van der Waals surface area contributed by atoms with Crippen molar-refractivity contribution in [3.05, 3.63) is 0 Å². The quantitative estimate of drug-likeness (QED) is 0.454. The van der Waals surface area contributed by atoms with Crippen molar-refractivity contribution in [1.82, 2.24) is 0 Å². The molecule has 0 aliphatic heterocycles. The molecule has 36 valence electrons. The summed E-state index contributed by atoms with van der Waals surface area (Å²) in [4.78, 5) is 0. The zero-order valence-electron chi connectivity index (χ0n) is 4.02. The second kappa shape index (κ2) is 18.5. The summed E-state index contributed by atoms with van der Waals surface area (Å²) in [6, 6.07) is 0. The number of rotatable bonds is 0. The standard InChI is InChI=1S/C3H8.2O.Ti/c1-3-2;;;/h3H2,1-2H3;;;. The Bertz CT molecular complexity index is 38.1. The molecule has 0 amide bonds. The van der Waals surface area contributed by atoms with Crippen molar-refractivity contribution < 1.29 is 25.7 Å². The molecule has 0 spiro atoms. The Kier molecular flexibility index (Phi) is 29.5. The van der Waals surface area contributed by atoms with Crippen LogP contribution in [0.5, 0.6) is 0 Å². The molecule has 0 aliphatic rings. The van der Waals surface area contributed by atoms with Gasteiger partial charge in [-0.05, 0) is 0 Å². The maximum atomic E-state index is 8.50. The van der Waals surface area contributed by atoms with E-state index in [-0.39, 0.29) is 0 Å². The third kappa shape index (κ3) is 480. The maximum absolute atomic E-state index is 8.50. The number of hydrogen-bond acceptors (Lipinski definition) is 2. The van der Waals surface area contributed by atoms with E-state index in [9.17, 15) is 0 Å². The van der Waals surface area contributed by atoms with Gasteiger partial charge in [-0.25, -0.2) is 0 Å². The van der Waals surface area contributed by atoms with Crippen molar-refractivity contribution >= 4 is 0 Å². The van der Waals surface area contributed by atoms with Crippen LogP contribution >= 0.6 is 0 Å². The molecular formula is C3H8O2Ti. The average molecular weight is 124 g/mol. The van der Waals surface area contributed by atoms with Crippen molar-refractivity contribution in [2.24, 2.45) is 0 Å². The Morgan fingerprint density at radius 2 is 1.33 bits per heavy atom. The second-order valence-corrected chi connectivity index (χ2v) is 1.05. The first-order chi connectivity index (χ1) is 2.83. The minimum absolute atomic E-state index is 1.25. The molecule has 0 unspecified atom stereocenters. The van der Waals surface area contributed by atoms with Gasteiger partial charge in [0, 0.05) is 0 Å². The van der Waals surface area contributed by atoms with Gasteiger partial charge in [0.2, 0.25) is 0 Å². The molecular weight excluding hydrogens is 116 g/mol. The molecule has 0 aliphatic carbocycles. The summed E-state index contributed by atoms with van der Waals surface area (Å²) in [6.45, 7) is 4.25. The molecule has 2 nitrogen and oxygen atoms in total. The zero-order chi connectivity index (χ0) is 5.41. The Balaban J connectivity index is 0. The molecule has 0 fully saturated rings. The van der Waals surface area contributed by atoms with E-state index in [1.807, 2.05) is 0 Å². The summed E-state index contributed by atoms with van der Waals surface area (Å²) in [7, 11) is 0. The fourth-order valence-corrected chi connectivity index (χ4v) is 0. The van der Waals surface area contributed by atoms with Gasteiger partial charge < -0.3 is 0 Å². The van der Waals surface area contributed by atoms with Gasteiger partial charge in [-0.15, -0.1) is 0 Å². The molecule has 6 heavy (non-hydrogen) atoms. The molecule has 0 saturated heterocycles. The van der Waals surface area contributed by atoms with E-state index in [0.29, 0.717) is 0 Å². The normalized spacial score (nSPS) is 4.33. The van der Waals surface area contributed by atoms with Crippen LogP contribution in [0.3, 0.4) is 0 Å². The van der Waals surface area contributed by atoms with Crippen LogP contribution in [0.15, 0.2) is 0 Å². The molecule has 0 heterocycles. The van der Waals surface area contributed by atoms with E-state index in [2.05, 4.69) is 13.8 Å². The summed E-state index contributed by atoms with van der Waals surface area (Å²) in [6.07, 6.45) is 1.25. The Labute approximate surface area is 46.5 Å². The van der Waals surface area contributed by atoms with Crippen molar-refractivity contribution in [3.8, 4) is 0 Å². The third-order valence-corrected chi connectivity index (χ3v) is 0. The second-order valence-electron chi connectivity index (χ2n) is 0.790.